The van der Waals surface area contributed by atoms with E-state index in [-0.39, 0.29) is 0 Å². The van der Waals surface area contributed by atoms with E-state index in [1.165, 1.54) is 18.5 Å². The number of nitrogens with two attached hydrogens (primary N) is 1. The van der Waals surface area contributed by atoms with Crippen LogP contribution in [-0.4, -0.2) is 9.97 Å². The lowest BCUT2D eigenvalue weighted by molar-refractivity contribution is 0.575. The Morgan fingerprint density at radius 3 is 2.50 bits per heavy atom. The molecular weight excluding hydrogens is 304 g/mol. The van der Waals surface area contributed by atoms with Gasteiger partial charge in [0.2, 0.25) is 0 Å². The standard InChI is InChI=1S/C12H10BrF2N3/c13-10-5-17-6-18-12(10)11(16)3-7-1-8(14)4-9(15)2-7/h1-2,4-6,11H,3,16H2/t11-/m0/s1. The fraction of sp³-hybridized carbons (Fsp3) is 0.167. The molecule has 0 unspecified atom stereocenters. The van der Waals surface area contributed by atoms with Crippen LogP contribution in [0.2, 0.25) is 0 Å². The Kier molecular flexibility index (Phi) is 3.98. The van der Waals surface area contributed by atoms with Gasteiger partial charge in [0, 0.05) is 12.3 Å². The zero-order chi connectivity index (χ0) is 13.1. The van der Waals surface area contributed by atoms with Crippen molar-refractivity contribution in [2.75, 3.05) is 0 Å². The predicted octanol–water partition coefficient (Wildman–Crippen LogP) is 2.76. The molecule has 1 aromatic heterocycles. The minimum Gasteiger partial charge on any atom is -0.322 e. The number of hydrogen-bond acceptors (Lipinski definition) is 3. The second kappa shape index (κ2) is 5.49. The monoisotopic (exact) mass is 313 g/mol. The van der Waals surface area contributed by atoms with Crippen molar-refractivity contribution >= 4 is 15.9 Å². The highest BCUT2D eigenvalue weighted by Gasteiger charge is 2.13. The van der Waals surface area contributed by atoms with E-state index in [4.69, 9.17) is 5.73 Å². The van der Waals surface area contributed by atoms with Crippen LogP contribution in [0.15, 0.2) is 35.2 Å². The zero-order valence-electron chi connectivity index (χ0n) is 9.28. The van der Waals surface area contributed by atoms with Gasteiger partial charge in [-0.25, -0.2) is 18.7 Å². The third-order valence-corrected chi connectivity index (χ3v) is 3.04. The van der Waals surface area contributed by atoms with Crippen molar-refractivity contribution in [2.45, 2.75) is 12.5 Å². The first-order valence-electron chi connectivity index (χ1n) is 5.22. The summed E-state index contributed by atoms with van der Waals surface area (Å²) in [7, 11) is 0. The molecule has 0 fully saturated rings. The van der Waals surface area contributed by atoms with Gasteiger partial charge in [-0.05, 0) is 40.0 Å². The molecule has 0 saturated carbocycles. The Hall–Kier alpha value is -1.40. The smallest absolute Gasteiger partial charge is 0.126 e. The van der Waals surface area contributed by atoms with Crippen molar-refractivity contribution in [1.29, 1.82) is 0 Å². The molecule has 2 N–H and O–H groups in total. The average Bonchev–Trinajstić information content (AvgIpc) is 2.27. The summed E-state index contributed by atoms with van der Waals surface area (Å²) in [5, 5.41) is 0. The second-order valence-electron chi connectivity index (χ2n) is 3.84. The highest BCUT2D eigenvalue weighted by molar-refractivity contribution is 9.10. The largest absolute Gasteiger partial charge is 0.322 e. The molecule has 1 aromatic carbocycles. The fourth-order valence-corrected chi connectivity index (χ4v) is 2.19. The molecule has 0 aliphatic carbocycles. The van der Waals surface area contributed by atoms with Crippen molar-refractivity contribution in [3.05, 3.63) is 58.1 Å². The van der Waals surface area contributed by atoms with Crippen LogP contribution in [0, 0.1) is 11.6 Å². The lowest BCUT2D eigenvalue weighted by Crippen LogP contribution is -2.16. The summed E-state index contributed by atoms with van der Waals surface area (Å²) in [6.07, 6.45) is 3.25. The Balaban J connectivity index is 2.21. The molecule has 94 valence electrons. The number of nitrogens with zero attached hydrogens (tertiary/aromatic N) is 2. The number of aromatic nitrogens is 2. The number of halogens is 3. The summed E-state index contributed by atoms with van der Waals surface area (Å²) in [5.41, 5.74) is 7.06. The maximum Gasteiger partial charge on any atom is 0.126 e. The molecule has 2 rings (SSSR count). The summed E-state index contributed by atoms with van der Waals surface area (Å²) in [6.45, 7) is 0. The average molecular weight is 314 g/mol. The van der Waals surface area contributed by atoms with Gasteiger partial charge in [-0.3, -0.25) is 0 Å². The molecule has 2 aromatic rings. The molecule has 0 saturated heterocycles. The van der Waals surface area contributed by atoms with E-state index in [1.54, 1.807) is 6.20 Å². The van der Waals surface area contributed by atoms with E-state index in [0.717, 1.165) is 6.07 Å². The Bertz CT molecular complexity index is 543. The van der Waals surface area contributed by atoms with Crippen molar-refractivity contribution in [3.8, 4) is 0 Å². The van der Waals surface area contributed by atoms with Gasteiger partial charge < -0.3 is 5.73 Å². The van der Waals surface area contributed by atoms with E-state index >= 15 is 0 Å². The SMILES string of the molecule is N[C@@H](Cc1cc(F)cc(F)c1)c1ncncc1Br. The molecule has 0 bridgehead atoms. The molecule has 1 heterocycles. The van der Waals surface area contributed by atoms with Crippen LogP contribution in [0.3, 0.4) is 0 Å². The molecule has 1 atom stereocenters. The molecule has 18 heavy (non-hydrogen) atoms. The lowest BCUT2D eigenvalue weighted by atomic mass is 10.0. The van der Waals surface area contributed by atoms with Gasteiger partial charge in [0.25, 0.3) is 0 Å². The fourth-order valence-electron chi connectivity index (χ4n) is 1.67. The molecule has 0 aliphatic rings. The Morgan fingerprint density at radius 2 is 1.89 bits per heavy atom. The van der Waals surface area contributed by atoms with Crippen LogP contribution in [0.25, 0.3) is 0 Å². The van der Waals surface area contributed by atoms with Gasteiger partial charge in [-0.2, -0.15) is 0 Å². The first-order chi connectivity index (χ1) is 8.56. The molecule has 0 spiro atoms. The number of rotatable bonds is 3. The van der Waals surface area contributed by atoms with E-state index in [1.807, 2.05) is 0 Å². The first-order valence-corrected chi connectivity index (χ1v) is 6.01. The zero-order valence-corrected chi connectivity index (χ0v) is 10.9. The van der Waals surface area contributed by atoms with Crippen LogP contribution in [0.4, 0.5) is 8.78 Å². The number of benzene rings is 1. The van der Waals surface area contributed by atoms with Gasteiger partial charge in [-0.15, -0.1) is 0 Å². The van der Waals surface area contributed by atoms with E-state index in [2.05, 4.69) is 25.9 Å². The normalized spacial score (nSPS) is 12.4. The number of hydrogen-bond donors (Lipinski definition) is 1. The molecule has 0 amide bonds. The lowest BCUT2D eigenvalue weighted by Gasteiger charge is -2.12. The molecule has 0 radical (unpaired) electrons. The molecule has 0 aliphatic heterocycles. The topological polar surface area (TPSA) is 51.8 Å². The highest BCUT2D eigenvalue weighted by Crippen LogP contribution is 2.22. The van der Waals surface area contributed by atoms with E-state index in [9.17, 15) is 8.78 Å². The van der Waals surface area contributed by atoms with Gasteiger partial charge in [0.05, 0.1) is 16.2 Å². The minimum absolute atomic E-state index is 0.296. The van der Waals surface area contributed by atoms with Crippen molar-refractivity contribution in [3.63, 3.8) is 0 Å². The van der Waals surface area contributed by atoms with Crippen molar-refractivity contribution in [2.24, 2.45) is 5.73 Å². The second-order valence-corrected chi connectivity index (χ2v) is 4.70. The maximum atomic E-state index is 13.0. The summed E-state index contributed by atoms with van der Waals surface area (Å²) >= 11 is 3.29. The van der Waals surface area contributed by atoms with Crippen LogP contribution in [0.5, 0.6) is 0 Å². The Labute approximate surface area is 111 Å². The summed E-state index contributed by atoms with van der Waals surface area (Å²) in [4.78, 5) is 7.88. The van der Waals surface area contributed by atoms with Gasteiger partial charge in [0.15, 0.2) is 0 Å². The van der Waals surface area contributed by atoms with E-state index in [0.29, 0.717) is 22.2 Å². The molecule has 6 heteroatoms. The van der Waals surface area contributed by atoms with Crippen LogP contribution in [0.1, 0.15) is 17.3 Å². The maximum absolute atomic E-state index is 13.0. The highest BCUT2D eigenvalue weighted by atomic mass is 79.9. The van der Waals surface area contributed by atoms with Crippen molar-refractivity contribution < 1.29 is 8.78 Å². The van der Waals surface area contributed by atoms with Crippen LogP contribution in [-0.2, 0) is 6.42 Å². The third kappa shape index (κ3) is 3.08. The van der Waals surface area contributed by atoms with Crippen LogP contribution < -0.4 is 5.73 Å². The van der Waals surface area contributed by atoms with Gasteiger partial charge >= 0.3 is 0 Å². The van der Waals surface area contributed by atoms with E-state index < -0.39 is 17.7 Å². The van der Waals surface area contributed by atoms with Gasteiger partial charge in [0.1, 0.15) is 18.0 Å². The summed E-state index contributed by atoms with van der Waals surface area (Å²) in [5.74, 6) is -1.22. The summed E-state index contributed by atoms with van der Waals surface area (Å²) < 4.78 is 26.8. The first kappa shape index (κ1) is 13.0. The predicted molar refractivity (Wildman–Crippen MR) is 66.7 cm³/mol. The minimum atomic E-state index is -0.612. The Morgan fingerprint density at radius 1 is 1.22 bits per heavy atom. The van der Waals surface area contributed by atoms with Gasteiger partial charge in [-0.1, -0.05) is 0 Å². The van der Waals surface area contributed by atoms with Crippen LogP contribution >= 0.6 is 15.9 Å². The quantitative estimate of drug-likeness (QED) is 0.948. The van der Waals surface area contributed by atoms with Crippen molar-refractivity contribution in [1.82, 2.24) is 9.97 Å². The molecular formula is C12H10BrF2N3. The summed E-state index contributed by atoms with van der Waals surface area (Å²) in [6, 6.07) is 2.90. The molecule has 3 nitrogen and oxygen atoms in total. The third-order valence-electron chi connectivity index (χ3n) is 2.43.